The maximum Gasteiger partial charge on any atom is 0.0714 e. The molecule has 0 saturated heterocycles. The molecule has 0 amide bonds. The molecule has 0 N–H and O–H groups in total. The Hall–Kier alpha value is -7.16. The molecule has 0 atom stereocenters. The Kier molecular flexibility index (Phi) is 7.49. The van der Waals surface area contributed by atoms with Gasteiger partial charge < -0.3 is 9.13 Å². The maximum atomic E-state index is 2.65. The minimum absolute atomic E-state index is 0.0467. The second kappa shape index (κ2) is 12.9. The van der Waals surface area contributed by atoms with Crippen LogP contribution in [-0.2, 0) is 16.2 Å². The molecule has 2 aliphatic carbocycles. The molecule has 9 aromatic carbocycles. The lowest BCUT2D eigenvalue weighted by Gasteiger charge is -2.42. The van der Waals surface area contributed by atoms with Crippen LogP contribution in [0.15, 0.2) is 194 Å². The molecule has 63 heavy (non-hydrogen) atoms. The molecule has 11 aromatic rings. The van der Waals surface area contributed by atoms with Gasteiger partial charge in [0.15, 0.2) is 0 Å². The van der Waals surface area contributed by atoms with Crippen LogP contribution in [0.3, 0.4) is 0 Å². The van der Waals surface area contributed by atoms with Crippen molar-refractivity contribution in [2.24, 2.45) is 0 Å². The summed E-state index contributed by atoms with van der Waals surface area (Å²) in [6, 6.07) is 73.4. The van der Waals surface area contributed by atoms with Crippen LogP contribution in [0.4, 0.5) is 0 Å². The quantitative estimate of drug-likeness (QED) is 0.168. The summed E-state index contributed by atoms with van der Waals surface area (Å²) in [6.45, 7) is 9.82. The van der Waals surface area contributed by atoms with Gasteiger partial charge in [-0.2, -0.15) is 0 Å². The number of rotatable bonds is 4. The second-order valence-corrected chi connectivity index (χ2v) is 19.5. The minimum atomic E-state index is -0.496. The van der Waals surface area contributed by atoms with E-state index in [0.717, 1.165) is 6.42 Å². The summed E-state index contributed by atoms with van der Waals surface area (Å²) in [5.41, 5.74) is 17.7. The normalized spacial score (nSPS) is 15.9. The fraction of sp³-hybridized carbons (Fsp3) is 0.148. The zero-order chi connectivity index (χ0) is 42.2. The van der Waals surface area contributed by atoms with Gasteiger partial charge >= 0.3 is 0 Å². The molecule has 0 radical (unpaired) electrons. The van der Waals surface area contributed by atoms with E-state index in [9.17, 15) is 0 Å². The first-order valence-corrected chi connectivity index (χ1v) is 22.6. The van der Waals surface area contributed by atoms with Crippen LogP contribution in [0.2, 0.25) is 0 Å². The third kappa shape index (κ3) is 4.90. The average molecular weight is 809 g/mol. The zero-order valence-corrected chi connectivity index (χ0v) is 36.3. The summed E-state index contributed by atoms with van der Waals surface area (Å²) in [5, 5.41) is 7.69. The number of hydrogen-bond donors (Lipinski definition) is 0. The van der Waals surface area contributed by atoms with E-state index in [0.29, 0.717) is 0 Å². The summed E-state index contributed by atoms with van der Waals surface area (Å²) in [5.74, 6) is 0. The Morgan fingerprint density at radius 3 is 1.67 bits per heavy atom. The maximum absolute atomic E-state index is 2.65. The molecule has 0 bridgehead atoms. The number of fused-ring (bicyclic) bond motifs is 12. The lowest BCUT2D eigenvalue weighted by atomic mass is 9.63. The molecule has 2 heteroatoms. The highest BCUT2D eigenvalue weighted by Gasteiger charge is 2.47. The van der Waals surface area contributed by atoms with E-state index < -0.39 is 5.41 Å². The number of hydrogen-bond acceptors (Lipinski definition) is 0. The van der Waals surface area contributed by atoms with Crippen molar-refractivity contribution in [1.82, 2.24) is 9.13 Å². The SMILES string of the molecule is CC1(C)CCC(C)(C)c2cc3c(cc21)c1cc2c(cc1n3-c1cccc3c1-c1ccccc1C3(c1ccccc1)c1ccccc1)c1c3ccccc3ccc1n2-c1ccccc1. The summed E-state index contributed by atoms with van der Waals surface area (Å²) >= 11 is 0. The van der Waals surface area contributed by atoms with E-state index in [4.69, 9.17) is 0 Å². The van der Waals surface area contributed by atoms with Crippen molar-refractivity contribution in [2.75, 3.05) is 0 Å². The van der Waals surface area contributed by atoms with Crippen molar-refractivity contribution in [1.29, 1.82) is 0 Å². The van der Waals surface area contributed by atoms with E-state index in [-0.39, 0.29) is 10.8 Å². The first-order valence-electron chi connectivity index (χ1n) is 22.6. The van der Waals surface area contributed by atoms with E-state index in [1.807, 2.05) is 0 Å². The van der Waals surface area contributed by atoms with Gasteiger partial charge in [-0.05, 0) is 122 Å². The Balaban J connectivity index is 1.23. The van der Waals surface area contributed by atoms with Gasteiger partial charge in [0, 0.05) is 32.8 Å². The summed E-state index contributed by atoms with van der Waals surface area (Å²) in [4.78, 5) is 0. The molecular weight excluding hydrogens is 761 g/mol. The van der Waals surface area contributed by atoms with Crippen molar-refractivity contribution < 1.29 is 0 Å². The van der Waals surface area contributed by atoms with Crippen molar-refractivity contribution >= 4 is 54.4 Å². The smallest absolute Gasteiger partial charge is 0.0714 e. The van der Waals surface area contributed by atoms with Gasteiger partial charge in [0.25, 0.3) is 0 Å². The average Bonchev–Trinajstić information content (AvgIpc) is 3.94. The summed E-state index contributed by atoms with van der Waals surface area (Å²) in [7, 11) is 0. The highest BCUT2D eigenvalue weighted by molar-refractivity contribution is 6.25. The van der Waals surface area contributed by atoms with Crippen LogP contribution >= 0.6 is 0 Å². The molecule has 2 aromatic heterocycles. The highest BCUT2D eigenvalue weighted by atomic mass is 15.0. The minimum Gasteiger partial charge on any atom is -0.309 e. The topological polar surface area (TPSA) is 9.86 Å². The fourth-order valence-corrected chi connectivity index (χ4v) is 12.1. The Bertz CT molecular complexity index is 3620. The highest BCUT2D eigenvalue weighted by Crippen LogP contribution is 2.58. The van der Waals surface area contributed by atoms with Crippen LogP contribution in [0.25, 0.3) is 76.9 Å². The van der Waals surface area contributed by atoms with Crippen molar-refractivity contribution in [2.45, 2.75) is 56.8 Å². The first kappa shape index (κ1) is 36.5. The van der Waals surface area contributed by atoms with Crippen molar-refractivity contribution in [3.8, 4) is 22.5 Å². The molecule has 0 spiro atoms. The van der Waals surface area contributed by atoms with E-state index in [1.54, 1.807) is 0 Å². The fourth-order valence-electron chi connectivity index (χ4n) is 12.1. The van der Waals surface area contributed by atoms with E-state index in [1.165, 1.54) is 117 Å². The Morgan fingerprint density at radius 2 is 0.937 bits per heavy atom. The van der Waals surface area contributed by atoms with Gasteiger partial charge in [-0.1, -0.05) is 173 Å². The molecule has 2 nitrogen and oxygen atoms in total. The lowest BCUT2D eigenvalue weighted by Crippen LogP contribution is -2.33. The van der Waals surface area contributed by atoms with Gasteiger partial charge in [-0.25, -0.2) is 0 Å². The largest absolute Gasteiger partial charge is 0.309 e. The summed E-state index contributed by atoms with van der Waals surface area (Å²) < 4.78 is 5.15. The molecular formula is C61H48N2. The Labute approximate surface area is 368 Å². The van der Waals surface area contributed by atoms with E-state index in [2.05, 4.69) is 231 Å². The molecule has 2 aliphatic rings. The second-order valence-electron chi connectivity index (χ2n) is 19.5. The standard InChI is InChI=1S/C61H48N2/c1-59(2)33-34-60(3,4)51-38-56-45(35-50(51)59)46-36-55-47(57-43-26-15-14-19-39(43)31-32-53(57)62(55)42-24-12-7-13-25-42)37-54(46)63(56)52-30-18-29-49-58(52)44-27-16-17-28-48(44)61(49,40-20-8-5-9-21-40)41-22-10-6-11-23-41/h5-32,35-38H,33-34H2,1-4H3. The van der Waals surface area contributed by atoms with Gasteiger partial charge in [-0.15, -0.1) is 0 Å². The van der Waals surface area contributed by atoms with Gasteiger partial charge in [0.1, 0.15) is 0 Å². The van der Waals surface area contributed by atoms with Crippen LogP contribution in [-0.4, -0.2) is 9.13 Å². The molecule has 0 saturated carbocycles. The van der Waals surface area contributed by atoms with Crippen LogP contribution in [0, 0.1) is 0 Å². The monoisotopic (exact) mass is 808 g/mol. The Morgan fingerprint density at radius 1 is 0.381 bits per heavy atom. The van der Waals surface area contributed by atoms with E-state index >= 15 is 0 Å². The zero-order valence-electron chi connectivity index (χ0n) is 36.3. The lowest BCUT2D eigenvalue weighted by molar-refractivity contribution is 0.332. The molecule has 0 fully saturated rings. The first-order chi connectivity index (χ1) is 30.8. The summed E-state index contributed by atoms with van der Waals surface area (Å²) in [6.07, 6.45) is 2.33. The molecule has 302 valence electrons. The number of benzene rings is 9. The number of nitrogens with zero attached hydrogens (tertiary/aromatic N) is 2. The molecule has 0 aliphatic heterocycles. The van der Waals surface area contributed by atoms with Gasteiger partial charge in [-0.3, -0.25) is 0 Å². The molecule has 0 unspecified atom stereocenters. The predicted molar refractivity (Wildman–Crippen MR) is 265 cm³/mol. The van der Waals surface area contributed by atoms with Crippen molar-refractivity contribution in [3.63, 3.8) is 0 Å². The molecule has 2 heterocycles. The van der Waals surface area contributed by atoms with Crippen molar-refractivity contribution in [3.05, 3.63) is 228 Å². The van der Waals surface area contributed by atoms with Crippen LogP contribution < -0.4 is 0 Å². The van der Waals surface area contributed by atoms with Gasteiger partial charge in [0.2, 0.25) is 0 Å². The number of aromatic nitrogens is 2. The van der Waals surface area contributed by atoms with Gasteiger partial charge in [0.05, 0.1) is 33.2 Å². The van der Waals surface area contributed by atoms with Crippen LogP contribution in [0.5, 0.6) is 0 Å². The van der Waals surface area contributed by atoms with Crippen LogP contribution in [0.1, 0.15) is 73.9 Å². The number of para-hydroxylation sites is 1. The third-order valence-electron chi connectivity index (χ3n) is 15.2. The third-order valence-corrected chi connectivity index (χ3v) is 15.2. The molecule has 13 rings (SSSR count). The predicted octanol–water partition coefficient (Wildman–Crippen LogP) is 15.7.